The highest BCUT2D eigenvalue weighted by Gasteiger charge is 2.34. The predicted molar refractivity (Wildman–Crippen MR) is 157 cm³/mol. The fourth-order valence-corrected chi connectivity index (χ4v) is 4.50. The SMILES string of the molecule is Cc1ccc(C(=O)Nc2ccc(C#N)cn2)cc1-c1nc(NCCN(C)C)nc2c1CNC(=O)N2c1c(F)cccc1F. The Morgan fingerprint density at radius 1 is 1.14 bits per heavy atom. The standard InChI is InChI=1S/C30H27F2N9O2/c1-17-7-9-19(28(42)37-24-10-8-18(14-33)15-35-24)13-20(17)25-21-16-36-30(43)41(26-22(31)5-4-6-23(26)32)27(21)39-29(38-25)34-11-12-40(2)3/h4-10,13,15H,11-12,16H2,1-3H3,(H,36,43)(H,34,38,39)(H,35,37,42). The summed E-state index contributed by atoms with van der Waals surface area (Å²) < 4.78 is 29.9. The lowest BCUT2D eigenvalue weighted by Gasteiger charge is -2.31. The molecule has 218 valence electrons. The monoisotopic (exact) mass is 583 g/mol. The van der Waals surface area contributed by atoms with Gasteiger partial charge in [-0.1, -0.05) is 12.1 Å². The zero-order chi connectivity index (χ0) is 30.7. The van der Waals surface area contributed by atoms with Crippen LogP contribution >= 0.6 is 0 Å². The largest absolute Gasteiger partial charge is 0.353 e. The van der Waals surface area contributed by atoms with Crippen molar-refractivity contribution >= 4 is 35.2 Å². The van der Waals surface area contributed by atoms with Gasteiger partial charge in [0, 0.05) is 36.0 Å². The van der Waals surface area contributed by atoms with Gasteiger partial charge in [-0.05, 0) is 63.0 Å². The van der Waals surface area contributed by atoms with Crippen LogP contribution in [0.5, 0.6) is 0 Å². The van der Waals surface area contributed by atoms with Crippen LogP contribution in [0.1, 0.15) is 27.0 Å². The summed E-state index contributed by atoms with van der Waals surface area (Å²) in [6.07, 6.45) is 1.35. The summed E-state index contributed by atoms with van der Waals surface area (Å²) in [5.74, 6) is -1.89. The van der Waals surface area contributed by atoms with Gasteiger partial charge >= 0.3 is 6.03 Å². The van der Waals surface area contributed by atoms with Gasteiger partial charge in [0.15, 0.2) is 5.82 Å². The summed E-state index contributed by atoms with van der Waals surface area (Å²) in [5.41, 5.74) is 2.18. The van der Waals surface area contributed by atoms with Crippen LogP contribution < -0.4 is 20.9 Å². The highest BCUT2D eigenvalue weighted by Crippen LogP contribution is 2.39. The van der Waals surface area contributed by atoms with Crippen molar-refractivity contribution in [2.45, 2.75) is 13.5 Å². The van der Waals surface area contributed by atoms with Gasteiger partial charge < -0.3 is 20.9 Å². The molecule has 2 aromatic heterocycles. The number of likely N-dealkylation sites (N-methyl/N-ethyl adjacent to an activating group) is 1. The Balaban J connectivity index is 1.61. The number of anilines is 4. The molecular weight excluding hydrogens is 556 g/mol. The van der Waals surface area contributed by atoms with Crippen LogP contribution in [-0.4, -0.2) is 59.0 Å². The van der Waals surface area contributed by atoms with Crippen LogP contribution in [-0.2, 0) is 6.54 Å². The molecule has 5 rings (SSSR count). The molecule has 0 saturated carbocycles. The number of benzene rings is 2. The van der Waals surface area contributed by atoms with Gasteiger partial charge in [-0.2, -0.15) is 10.2 Å². The molecule has 43 heavy (non-hydrogen) atoms. The topological polar surface area (TPSA) is 139 Å². The predicted octanol–water partition coefficient (Wildman–Crippen LogP) is 4.58. The van der Waals surface area contributed by atoms with E-state index in [1.165, 1.54) is 18.3 Å². The maximum atomic E-state index is 15.0. The number of aromatic nitrogens is 3. The Hall–Kier alpha value is -5.48. The van der Waals surface area contributed by atoms with Gasteiger partial charge in [-0.3, -0.25) is 4.79 Å². The average molecular weight is 584 g/mol. The first-order valence-electron chi connectivity index (χ1n) is 13.3. The zero-order valence-corrected chi connectivity index (χ0v) is 23.6. The molecule has 0 fully saturated rings. The number of nitriles is 1. The second-order valence-electron chi connectivity index (χ2n) is 10.0. The number of rotatable bonds is 8. The van der Waals surface area contributed by atoms with Crippen LogP contribution in [0.2, 0.25) is 0 Å². The van der Waals surface area contributed by atoms with Crippen molar-refractivity contribution in [3.05, 3.63) is 88.6 Å². The molecule has 1 aliphatic rings. The maximum absolute atomic E-state index is 15.0. The van der Waals surface area contributed by atoms with Crippen LogP contribution in [0.15, 0.2) is 54.7 Å². The summed E-state index contributed by atoms with van der Waals surface area (Å²) in [5, 5.41) is 17.5. The molecule has 0 aliphatic carbocycles. The van der Waals surface area contributed by atoms with Crippen molar-refractivity contribution < 1.29 is 18.4 Å². The Bertz CT molecular complexity index is 1730. The third-order valence-corrected chi connectivity index (χ3v) is 6.71. The lowest BCUT2D eigenvalue weighted by Crippen LogP contribution is -2.43. The van der Waals surface area contributed by atoms with Gasteiger partial charge in [0.2, 0.25) is 5.95 Å². The van der Waals surface area contributed by atoms with E-state index >= 15 is 0 Å². The molecule has 0 bridgehead atoms. The second kappa shape index (κ2) is 12.2. The number of pyridine rings is 1. The fraction of sp³-hybridized carbons (Fsp3) is 0.200. The summed E-state index contributed by atoms with van der Waals surface area (Å²) in [6.45, 7) is 2.91. The van der Waals surface area contributed by atoms with E-state index in [1.807, 2.05) is 32.0 Å². The van der Waals surface area contributed by atoms with Crippen LogP contribution in [0.3, 0.4) is 0 Å². The Kier molecular flexibility index (Phi) is 8.22. The number of halogens is 2. The number of nitrogens with one attached hydrogen (secondary N) is 3. The third kappa shape index (κ3) is 6.09. The zero-order valence-electron chi connectivity index (χ0n) is 23.6. The van der Waals surface area contributed by atoms with Crippen molar-refractivity contribution in [2.24, 2.45) is 0 Å². The number of urea groups is 1. The molecule has 0 spiro atoms. The number of carbonyl (C=O) groups excluding carboxylic acids is 2. The average Bonchev–Trinajstić information content (AvgIpc) is 2.98. The molecule has 3 N–H and O–H groups in total. The highest BCUT2D eigenvalue weighted by molar-refractivity contribution is 6.05. The number of fused-ring (bicyclic) bond motifs is 1. The van der Waals surface area contributed by atoms with Gasteiger partial charge in [-0.15, -0.1) is 0 Å². The number of hydrogen-bond donors (Lipinski definition) is 3. The van der Waals surface area contributed by atoms with Gasteiger partial charge in [0.1, 0.15) is 29.2 Å². The van der Waals surface area contributed by atoms with Crippen LogP contribution in [0.25, 0.3) is 11.3 Å². The molecule has 0 unspecified atom stereocenters. The molecule has 0 atom stereocenters. The van der Waals surface area contributed by atoms with Crippen molar-refractivity contribution in [3.8, 4) is 17.3 Å². The minimum absolute atomic E-state index is 0.0148. The van der Waals surface area contributed by atoms with E-state index in [9.17, 15) is 18.4 Å². The molecule has 2 aromatic carbocycles. The minimum atomic E-state index is -0.934. The lowest BCUT2D eigenvalue weighted by molar-refractivity contribution is 0.102. The number of hydrogen-bond acceptors (Lipinski definition) is 8. The minimum Gasteiger partial charge on any atom is -0.353 e. The summed E-state index contributed by atoms with van der Waals surface area (Å²) >= 11 is 0. The van der Waals surface area contributed by atoms with Gasteiger partial charge in [0.05, 0.1) is 17.8 Å². The number of aryl methyl sites for hydroxylation is 1. The molecule has 0 saturated heterocycles. The van der Waals surface area contributed by atoms with E-state index < -0.39 is 29.3 Å². The summed E-state index contributed by atoms with van der Waals surface area (Å²) in [6, 6.07) is 12.7. The first-order chi connectivity index (χ1) is 20.7. The van der Waals surface area contributed by atoms with Crippen molar-refractivity contribution in [3.63, 3.8) is 0 Å². The van der Waals surface area contributed by atoms with Gasteiger partial charge in [0.25, 0.3) is 5.91 Å². The van der Waals surface area contributed by atoms with Crippen LogP contribution in [0.4, 0.5) is 36.8 Å². The van der Waals surface area contributed by atoms with E-state index in [4.69, 9.17) is 10.2 Å². The van der Waals surface area contributed by atoms with Crippen molar-refractivity contribution in [1.82, 2.24) is 25.2 Å². The van der Waals surface area contributed by atoms with E-state index in [2.05, 4.69) is 25.9 Å². The summed E-state index contributed by atoms with van der Waals surface area (Å²) in [4.78, 5) is 42.4. The summed E-state index contributed by atoms with van der Waals surface area (Å²) in [7, 11) is 3.81. The first kappa shape index (κ1) is 29.0. The van der Waals surface area contributed by atoms with E-state index in [0.29, 0.717) is 35.5 Å². The molecule has 13 heteroatoms. The number of para-hydroxylation sites is 1. The Morgan fingerprint density at radius 3 is 2.58 bits per heavy atom. The van der Waals surface area contributed by atoms with E-state index in [-0.39, 0.29) is 29.7 Å². The molecule has 3 heterocycles. The number of carbonyl (C=O) groups is 2. The quantitative estimate of drug-likeness (QED) is 0.274. The third-order valence-electron chi connectivity index (χ3n) is 6.71. The van der Waals surface area contributed by atoms with E-state index in [1.54, 1.807) is 24.3 Å². The highest BCUT2D eigenvalue weighted by atomic mass is 19.1. The Morgan fingerprint density at radius 2 is 1.91 bits per heavy atom. The van der Waals surface area contributed by atoms with Crippen LogP contribution in [0, 0.1) is 29.9 Å². The Labute approximate surface area is 246 Å². The second-order valence-corrected chi connectivity index (χ2v) is 10.0. The normalized spacial score (nSPS) is 12.4. The number of nitrogens with zero attached hydrogens (tertiary/aromatic N) is 6. The first-order valence-corrected chi connectivity index (χ1v) is 13.3. The molecular formula is C30H27F2N9O2. The van der Waals surface area contributed by atoms with Crippen molar-refractivity contribution in [1.29, 1.82) is 5.26 Å². The maximum Gasteiger partial charge on any atom is 0.328 e. The molecule has 4 aromatic rings. The molecule has 1 aliphatic heterocycles. The smallest absolute Gasteiger partial charge is 0.328 e. The van der Waals surface area contributed by atoms with E-state index in [0.717, 1.165) is 22.6 Å². The molecule has 3 amide bonds. The molecule has 0 radical (unpaired) electrons. The van der Waals surface area contributed by atoms with Gasteiger partial charge in [-0.25, -0.2) is 28.4 Å². The van der Waals surface area contributed by atoms with Crippen molar-refractivity contribution in [2.75, 3.05) is 42.7 Å². The lowest BCUT2D eigenvalue weighted by atomic mass is 9.97. The molecule has 11 nitrogen and oxygen atoms in total. The number of amides is 3. The fourth-order valence-electron chi connectivity index (χ4n) is 4.50.